The molecule has 1 aliphatic heterocycles. The van der Waals surface area contributed by atoms with E-state index < -0.39 is 0 Å². The van der Waals surface area contributed by atoms with Gasteiger partial charge in [0.1, 0.15) is 0 Å². The lowest BCUT2D eigenvalue weighted by Crippen LogP contribution is -2.49. The number of aromatic nitrogens is 2. The van der Waals surface area contributed by atoms with Crippen LogP contribution in [0.2, 0.25) is 0 Å². The molecule has 0 amide bonds. The molecule has 0 aromatic carbocycles. The second-order valence-electron chi connectivity index (χ2n) is 5.53. The molecule has 3 rings (SSSR count). The fourth-order valence-electron chi connectivity index (χ4n) is 2.56. The minimum absolute atomic E-state index is 0.0983. The number of nitrogens with zero attached hydrogens (tertiary/aromatic N) is 3. The normalized spacial score (nSPS) is 27.3. The number of rotatable bonds is 4. The van der Waals surface area contributed by atoms with Gasteiger partial charge in [-0.15, -0.1) is 0 Å². The molecule has 1 aromatic rings. The molecule has 1 aromatic heterocycles. The monoisotopic (exact) mass is 250 g/mol. The number of ether oxygens (including phenoxy) is 1. The van der Waals surface area contributed by atoms with Gasteiger partial charge in [0.25, 0.3) is 0 Å². The van der Waals surface area contributed by atoms with Gasteiger partial charge in [0, 0.05) is 37.9 Å². The van der Waals surface area contributed by atoms with Crippen LogP contribution in [0.25, 0.3) is 0 Å². The van der Waals surface area contributed by atoms with Gasteiger partial charge in [-0.3, -0.25) is 4.90 Å². The fraction of sp³-hybridized carbons (Fsp3) is 0.769. The minimum atomic E-state index is 0.0983. The van der Waals surface area contributed by atoms with E-state index in [0.29, 0.717) is 6.04 Å². The van der Waals surface area contributed by atoms with E-state index in [4.69, 9.17) is 10.5 Å². The van der Waals surface area contributed by atoms with Crippen LogP contribution < -0.4 is 5.73 Å². The Morgan fingerprint density at radius 3 is 3.11 bits per heavy atom. The first-order valence-electron chi connectivity index (χ1n) is 6.84. The Hall–Kier alpha value is -0.910. The summed E-state index contributed by atoms with van der Waals surface area (Å²) in [6.45, 7) is 5.67. The van der Waals surface area contributed by atoms with Crippen LogP contribution in [0.15, 0.2) is 12.5 Å². The third-order valence-electron chi connectivity index (χ3n) is 3.84. The van der Waals surface area contributed by atoms with Crippen LogP contribution in [-0.4, -0.2) is 46.3 Å². The van der Waals surface area contributed by atoms with Crippen LogP contribution in [-0.2, 0) is 11.3 Å². The molecule has 2 fully saturated rings. The largest absolute Gasteiger partial charge is 0.374 e. The lowest BCUT2D eigenvalue weighted by atomic mass is 10.1. The van der Waals surface area contributed by atoms with Crippen LogP contribution in [0, 0.1) is 0 Å². The SMILES string of the molecule is CC(N)C1CN(Cc2cncn2C2CC2)CCO1. The van der Waals surface area contributed by atoms with E-state index >= 15 is 0 Å². The van der Waals surface area contributed by atoms with Gasteiger partial charge >= 0.3 is 0 Å². The highest BCUT2D eigenvalue weighted by Gasteiger charge is 2.27. The van der Waals surface area contributed by atoms with Gasteiger partial charge in [0.05, 0.1) is 24.7 Å². The van der Waals surface area contributed by atoms with Crippen molar-refractivity contribution in [3.05, 3.63) is 18.2 Å². The second kappa shape index (κ2) is 4.99. The Bertz CT molecular complexity index is 399. The van der Waals surface area contributed by atoms with Crippen molar-refractivity contribution >= 4 is 0 Å². The molecule has 1 aliphatic carbocycles. The van der Waals surface area contributed by atoms with E-state index in [9.17, 15) is 0 Å². The summed E-state index contributed by atoms with van der Waals surface area (Å²) in [5, 5.41) is 0. The second-order valence-corrected chi connectivity index (χ2v) is 5.53. The molecule has 2 aliphatic rings. The molecule has 5 nitrogen and oxygen atoms in total. The fourth-order valence-corrected chi connectivity index (χ4v) is 2.56. The van der Waals surface area contributed by atoms with Gasteiger partial charge in [-0.2, -0.15) is 0 Å². The van der Waals surface area contributed by atoms with Gasteiger partial charge in [0.2, 0.25) is 0 Å². The molecular formula is C13H22N4O. The molecule has 2 N–H and O–H groups in total. The van der Waals surface area contributed by atoms with E-state index in [1.54, 1.807) is 0 Å². The summed E-state index contributed by atoms with van der Waals surface area (Å²) < 4.78 is 8.02. The number of nitrogens with two attached hydrogens (primary N) is 1. The van der Waals surface area contributed by atoms with Crippen LogP contribution in [0.1, 0.15) is 31.5 Å². The van der Waals surface area contributed by atoms with Gasteiger partial charge in [-0.05, 0) is 19.8 Å². The molecule has 0 spiro atoms. The molecule has 18 heavy (non-hydrogen) atoms. The lowest BCUT2D eigenvalue weighted by Gasteiger charge is -2.34. The minimum Gasteiger partial charge on any atom is -0.374 e. The molecule has 0 radical (unpaired) electrons. The average Bonchev–Trinajstić information content (AvgIpc) is 3.11. The van der Waals surface area contributed by atoms with Crippen molar-refractivity contribution < 1.29 is 4.74 Å². The summed E-state index contributed by atoms with van der Waals surface area (Å²) in [5.41, 5.74) is 7.24. The first-order chi connectivity index (χ1) is 8.74. The van der Waals surface area contributed by atoms with Crippen molar-refractivity contribution in [3.63, 3.8) is 0 Å². The van der Waals surface area contributed by atoms with E-state index in [-0.39, 0.29) is 12.1 Å². The van der Waals surface area contributed by atoms with Crippen LogP contribution in [0.4, 0.5) is 0 Å². The lowest BCUT2D eigenvalue weighted by molar-refractivity contribution is -0.0409. The van der Waals surface area contributed by atoms with Crippen molar-refractivity contribution in [3.8, 4) is 0 Å². The highest BCUT2D eigenvalue weighted by molar-refractivity contribution is 5.03. The van der Waals surface area contributed by atoms with Gasteiger partial charge in [0.15, 0.2) is 0 Å². The van der Waals surface area contributed by atoms with Gasteiger partial charge in [-0.1, -0.05) is 0 Å². The first kappa shape index (κ1) is 12.1. The van der Waals surface area contributed by atoms with Crippen LogP contribution >= 0.6 is 0 Å². The maximum atomic E-state index is 5.92. The van der Waals surface area contributed by atoms with Gasteiger partial charge < -0.3 is 15.0 Å². The third kappa shape index (κ3) is 2.58. The molecule has 5 heteroatoms. The van der Waals surface area contributed by atoms with E-state index in [2.05, 4.69) is 14.5 Å². The molecule has 0 bridgehead atoms. The van der Waals surface area contributed by atoms with Crippen molar-refractivity contribution in [1.82, 2.24) is 14.5 Å². The highest BCUT2D eigenvalue weighted by atomic mass is 16.5. The van der Waals surface area contributed by atoms with E-state index in [1.165, 1.54) is 18.5 Å². The summed E-state index contributed by atoms with van der Waals surface area (Å²) in [5.74, 6) is 0. The molecule has 1 saturated carbocycles. The van der Waals surface area contributed by atoms with Crippen LogP contribution in [0.3, 0.4) is 0 Å². The number of hydrogen-bond acceptors (Lipinski definition) is 4. The predicted octanol–water partition coefficient (Wildman–Crippen LogP) is 0.766. The van der Waals surface area contributed by atoms with Crippen LogP contribution in [0.5, 0.6) is 0 Å². The quantitative estimate of drug-likeness (QED) is 0.857. The topological polar surface area (TPSA) is 56.3 Å². The zero-order chi connectivity index (χ0) is 12.5. The summed E-state index contributed by atoms with van der Waals surface area (Å²) in [6, 6.07) is 0.800. The summed E-state index contributed by atoms with van der Waals surface area (Å²) in [7, 11) is 0. The number of morpholine rings is 1. The summed E-state index contributed by atoms with van der Waals surface area (Å²) in [6.07, 6.45) is 6.73. The predicted molar refractivity (Wildman–Crippen MR) is 69.2 cm³/mol. The Morgan fingerprint density at radius 1 is 1.56 bits per heavy atom. The molecule has 100 valence electrons. The number of imidazole rings is 1. The molecule has 2 heterocycles. The highest BCUT2D eigenvalue weighted by Crippen LogP contribution is 2.35. The van der Waals surface area contributed by atoms with Crippen molar-refractivity contribution in [2.75, 3.05) is 19.7 Å². The number of hydrogen-bond donors (Lipinski definition) is 1. The summed E-state index contributed by atoms with van der Waals surface area (Å²) in [4.78, 5) is 6.71. The molecular weight excluding hydrogens is 228 g/mol. The van der Waals surface area contributed by atoms with Crippen molar-refractivity contribution in [1.29, 1.82) is 0 Å². The first-order valence-corrected chi connectivity index (χ1v) is 6.84. The van der Waals surface area contributed by atoms with Crippen molar-refractivity contribution in [2.45, 2.75) is 44.5 Å². The van der Waals surface area contributed by atoms with E-state index in [0.717, 1.165) is 26.2 Å². The molecule has 2 atom stereocenters. The molecule has 1 saturated heterocycles. The van der Waals surface area contributed by atoms with E-state index in [1.807, 2.05) is 19.4 Å². The zero-order valence-electron chi connectivity index (χ0n) is 11.0. The average molecular weight is 250 g/mol. The smallest absolute Gasteiger partial charge is 0.0951 e. The van der Waals surface area contributed by atoms with Crippen molar-refractivity contribution in [2.24, 2.45) is 5.73 Å². The Kier molecular flexibility index (Phi) is 3.37. The van der Waals surface area contributed by atoms with Gasteiger partial charge in [-0.25, -0.2) is 4.98 Å². The standard InChI is InChI=1S/C13H22N4O/c1-10(14)13-8-16(4-5-18-13)7-12-6-15-9-17(12)11-2-3-11/h6,9-11,13H,2-5,7-8,14H2,1H3. The third-order valence-corrected chi connectivity index (χ3v) is 3.84. The Morgan fingerprint density at radius 2 is 2.39 bits per heavy atom. The Balaban J connectivity index is 1.63. The maximum absolute atomic E-state index is 5.92. The maximum Gasteiger partial charge on any atom is 0.0951 e. The summed E-state index contributed by atoms with van der Waals surface area (Å²) >= 11 is 0. The molecule has 2 unspecified atom stereocenters. The Labute approximate surface area is 108 Å². The zero-order valence-corrected chi connectivity index (χ0v) is 11.0.